The quantitative estimate of drug-likeness (QED) is 0.623. The van der Waals surface area contributed by atoms with Crippen molar-refractivity contribution in [3.8, 4) is 0 Å². The lowest BCUT2D eigenvalue weighted by atomic mass is 9.85. The number of fused-ring (bicyclic) bond motifs is 3. The van der Waals surface area contributed by atoms with Gasteiger partial charge in [0.15, 0.2) is 6.20 Å². The van der Waals surface area contributed by atoms with Crippen molar-refractivity contribution in [2.75, 3.05) is 19.0 Å². The number of aryl methyl sites for hydroxylation is 2. The highest BCUT2D eigenvalue weighted by atomic mass is 15.1. The predicted molar refractivity (Wildman–Crippen MR) is 107 cm³/mol. The molecule has 0 saturated carbocycles. The van der Waals surface area contributed by atoms with Crippen LogP contribution in [0.4, 0.5) is 5.69 Å². The largest absolute Gasteiger partial charge is 0.378 e. The lowest BCUT2D eigenvalue weighted by Crippen LogP contribution is -2.30. The smallest absolute Gasteiger partial charge is 0.212 e. The Labute approximate surface area is 150 Å². The summed E-state index contributed by atoms with van der Waals surface area (Å²) in [7, 11) is 6.31. The summed E-state index contributed by atoms with van der Waals surface area (Å²) >= 11 is 0. The molecule has 0 unspecified atom stereocenters. The molecule has 25 heavy (non-hydrogen) atoms. The van der Waals surface area contributed by atoms with Crippen molar-refractivity contribution < 1.29 is 4.57 Å². The number of aromatic nitrogens is 1. The van der Waals surface area contributed by atoms with E-state index in [9.17, 15) is 0 Å². The summed E-state index contributed by atoms with van der Waals surface area (Å²) < 4.78 is 2.27. The molecule has 0 bridgehead atoms. The van der Waals surface area contributed by atoms with Gasteiger partial charge >= 0.3 is 0 Å². The van der Waals surface area contributed by atoms with Gasteiger partial charge in [-0.15, -0.1) is 0 Å². The van der Waals surface area contributed by atoms with Gasteiger partial charge in [-0.25, -0.2) is 4.57 Å². The molecule has 0 fully saturated rings. The molecule has 0 spiro atoms. The van der Waals surface area contributed by atoms with Crippen LogP contribution in [-0.2, 0) is 13.5 Å². The first-order valence-corrected chi connectivity index (χ1v) is 9.02. The fourth-order valence-electron chi connectivity index (χ4n) is 3.91. The lowest BCUT2D eigenvalue weighted by molar-refractivity contribution is -0.645. The minimum absolute atomic E-state index is 1.15. The summed E-state index contributed by atoms with van der Waals surface area (Å²) in [5.74, 6) is 0. The van der Waals surface area contributed by atoms with Crippen LogP contribution in [0.1, 0.15) is 29.5 Å². The number of pyridine rings is 1. The third-order valence-corrected chi connectivity index (χ3v) is 5.19. The Kier molecular flexibility index (Phi) is 4.04. The SMILES string of the molecule is CN(C)c1ccc(C=C2CCCc3c[n+](C)c4ccccc4c32)cc1. The maximum absolute atomic E-state index is 2.38. The molecule has 1 aliphatic rings. The highest BCUT2D eigenvalue weighted by Crippen LogP contribution is 2.36. The molecule has 0 aliphatic heterocycles. The van der Waals surface area contributed by atoms with Crippen LogP contribution >= 0.6 is 0 Å². The first-order valence-electron chi connectivity index (χ1n) is 9.02. The Bertz CT molecular complexity index is 950. The molecule has 0 saturated heterocycles. The average Bonchev–Trinajstić information content (AvgIpc) is 2.62. The van der Waals surface area contributed by atoms with Crippen LogP contribution in [0.2, 0.25) is 0 Å². The molecule has 2 nitrogen and oxygen atoms in total. The average molecular weight is 329 g/mol. The normalized spacial score (nSPS) is 15.4. The van der Waals surface area contributed by atoms with Gasteiger partial charge in [-0.1, -0.05) is 30.3 Å². The Morgan fingerprint density at radius 2 is 1.72 bits per heavy atom. The number of para-hydroxylation sites is 1. The van der Waals surface area contributed by atoms with Gasteiger partial charge in [0.05, 0.1) is 5.39 Å². The van der Waals surface area contributed by atoms with Crippen molar-refractivity contribution >= 4 is 28.2 Å². The summed E-state index contributed by atoms with van der Waals surface area (Å²) in [4.78, 5) is 2.14. The van der Waals surface area contributed by atoms with E-state index < -0.39 is 0 Å². The first-order chi connectivity index (χ1) is 12.1. The molecule has 1 heterocycles. The van der Waals surface area contributed by atoms with Gasteiger partial charge in [-0.05, 0) is 48.6 Å². The van der Waals surface area contributed by atoms with Gasteiger partial charge in [0.1, 0.15) is 7.05 Å². The Hall–Kier alpha value is -2.61. The number of benzene rings is 2. The van der Waals surface area contributed by atoms with Crippen LogP contribution in [0.3, 0.4) is 0 Å². The van der Waals surface area contributed by atoms with Crippen molar-refractivity contribution in [3.05, 3.63) is 71.4 Å². The van der Waals surface area contributed by atoms with Gasteiger partial charge in [0, 0.05) is 37.0 Å². The standard InChI is InChI=1S/C23H25N2/c1-24(2)20-13-11-17(12-14-20)15-18-7-6-8-19-16-25(3)22-10-5-4-9-21(22)23(18)19/h4-5,9-16H,6-8H2,1-3H3/q+1. The maximum atomic E-state index is 2.38. The number of hydrogen-bond acceptors (Lipinski definition) is 1. The zero-order valence-corrected chi connectivity index (χ0v) is 15.3. The summed E-state index contributed by atoms with van der Waals surface area (Å²) in [6.07, 6.45) is 8.25. The predicted octanol–water partition coefficient (Wildman–Crippen LogP) is 4.61. The molecule has 0 amide bonds. The van der Waals surface area contributed by atoms with Crippen LogP contribution in [0, 0.1) is 0 Å². The van der Waals surface area contributed by atoms with Crippen LogP contribution in [-0.4, -0.2) is 14.1 Å². The fourth-order valence-corrected chi connectivity index (χ4v) is 3.91. The molecule has 1 aromatic heterocycles. The minimum Gasteiger partial charge on any atom is -0.378 e. The zero-order valence-electron chi connectivity index (χ0n) is 15.3. The van der Waals surface area contributed by atoms with Crippen molar-refractivity contribution in [2.24, 2.45) is 7.05 Å². The van der Waals surface area contributed by atoms with E-state index in [1.54, 1.807) is 0 Å². The maximum Gasteiger partial charge on any atom is 0.212 e. The summed E-state index contributed by atoms with van der Waals surface area (Å²) in [6, 6.07) is 17.6. The third kappa shape index (κ3) is 2.93. The zero-order chi connectivity index (χ0) is 17.4. The van der Waals surface area contributed by atoms with Crippen molar-refractivity contribution in [1.29, 1.82) is 0 Å². The van der Waals surface area contributed by atoms with E-state index in [0.717, 1.165) is 6.42 Å². The van der Waals surface area contributed by atoms with Crippen LogP contribution in [0.25, 0.3) is 22.6 Å². The van der Waals surface area contributed by atoms with E-state index in [4.69, 9.17) is 0 Å². The number of hydrogen-bond donors (Lipinski definition) is 0. The minimum atomic E-state index is 1.15. The highest BCUT2D eigenvalue weighted by Gasteiger charge is 2.21. The molecule has 4 rings (SSSR count). The van der Waals surface area contributed by atoms with E-state index >= 15 is 0 Å². The Balaban J connectivity index is 1.85. The van der Waals surface area contributed by atoms with Gasteiger partial charge in [0.2, 0.25) is 5.52 Å². The van der Waals surface area contributed by atoms with E-state index in [2.05, 4.69) is 91.4 Å². The van der Waals surface area contributed by atoms with Crippen LogP contribution in [0.15, 0.2) is 54.7 Å². The number of rotatable bonds is 2. The van der Waals surface area contributed by atoms with Gasteiger partial charge < -0.3 is 4.90 Å². The highest BCUT2D eigenvalue weighted by molar-refractivity contribution is 5.96. The van der Waals surface area contributed by atoms with E-state index in [1.165, 1.54) is 51.7 Å². The monoisotopic (exact) mass is 329 g/mol. The second-order valence-electron chi connectivity index (χ2n) is 7.17. The Morgan fingerprint density at radius 3 is 2.48 bits per heavy atom. The molecule has 3 aromatic rings. The van der Waals surface area contributed by atoms with E-state index in [1.807, 2.05) is 0 Å². The van der Waals surface area contributed by atoms with Crippen LogP contribution in [0.5, 0.6) is 0 Å². The van der Waals surface area contributed by atoms with Crippen molar-refractivity contribution in [3.63, 3.8) is 0 Å². The molecular weight excluding hydrogens is 304 g/mol. The summed E-state index contributed by atoms with van der Waals surface area (Å²) in [6.45, 7) is 0. The number of allylic oxidation sites excluding steroid dienone is 1. The summed E-state index contributed by atoms with van der Waals surface area (Å²) in [5, 5.41) is 1.37. The number of anilines is 1. The third-order valence-electron chi connectivity index (χ3n) is 5.19. The Morgan fingerprint density at radius 1 is 0.960 bits per heavy atom. The van der Waals surface area contributed by atoms with Crippen LogP contribution < -0.4 is 9.47 Å². The van der Waals surface area contributed by atoms with E-state index in [0.29, 0.717) is 0 Å². The molecular formula is C23H25N2+. The molecule has 2 aromatic carbocycles. The molecule has 1 aliphatic carbocycles. The van der Waals surface area contributed by atoms with Crippen molar-refractivity contribution in [1.82, 2.24) is 0 Å². The summed E-state index contributed by atoms with van der Waals surface area (Å²) in [5.41, 5.74) is 8.22. The first kappa shape index (κ1) is 15.9. The van der Waals surface area contributed by atoms with Crippen molar-refractivity contribution in [2.45, 2.75) is 19.3 Å². The van der Waals surface area contributed by atoms with Gasteiger partial charge in [-0.3, -0.25) is 0 Å². The molecule has 0 N–H and O–H groups in total. The molecule has 2 heteroatoms. The fraction of sp³-hybridized carbons (Fsp3) is 0.261. The van der Waals surface area contributed by atoms with Gasteiger partial charge in [0.25, 0.3) is 0 Å². The number of nitrogens with zero attached hydrogens (tertiary/aromatic N) is 2. The molecule has 0 atom stereocenters. The molecule has 126 valence electrons. The second kappa shape index (κ2) is 6.36. The van der Waals surface area contributed by atoms with Gasteiger partial charge in [-0.2, -0.15) is 0 Å². The molecule has 0 radical (unpaired) electrons. The van der Waals surface area contributed by atoms with E-state index in [-0.39, 0.29) is 0 Å². The lowest BCUT2D eigenvalue weighted by Gasteiger charge is -2.20. The topological polar surface area (TPSA) is 7.12 Å². The second-order valence-corrected chi connectivity index (χ2v) is 7.17.